The number of nitrogens with one attached hydrogen (secondary N) is 2. The van der Waals surface area contributed by atoms with E-state index in [4.69, 9.17) is 4.74 Å². The summed E-state index contributed by atoms with van der Waals surface area (Å²) in [4.78, 5) is 49.7. The summed E-state index contributed by atoms with van der Waals surface area (Å²) in [5.41, 5.74) is 0.763. The number of hydrogen-bond donors (Lipinski definition) is 2. The van der Waals surface area contributed by atoms with Crippen molar-refractivity contribution in [3.05, 3.63) is 60.2 Å². The molecule has 0 atom stereocenters. The monoisotopic (exact) mass is 415 g/mol. The number of anilines is 1. The van der Waals surface area contributed by atoms with E-state index in [-0.39, 0.29) is 17.2 Å². The van der Waals surface area contributed by atoms with Gasteiger partial charge in [0.05, 0.1) is 11.3 Å². The Morgan fingerprint density at radius 1 is 0.966 bits per heavy atom. The van der Waals surface area contributed by atoms with Crippen LogP contribution in [0.4, 0.5) is 10.5 Å². The highest BCUT2D eigenvalue weighted by Crippen LogP contribution is 2.23. The highest BCUT2D eigenvalue weighted by atomic mass is 32.2. The summed E-state index contributed by atoms with van der Waals surface area (Å²) in [6.45, 7) is -0.614. The van der Waals surface area contributed by atoms with Gasteiger partial charge in [-0.2, -0.15) is 0 Å². The summed E-state index contributed by atoms with van der Waals surface area (Å²) in [5, 5.41) is 4.57. The van der Waals surface area contributed by atoms with Gasteiger partial charge in [-0.05, 0) is 24.3 Å². The summed E-state index contributed by atoms with van der Waals surface area (Å²) in [7, 11) is 3.30. The average Bonchev–Trinajstić information content (AvgIpc) is 2.71. The van der Waals surface area contributed by atoms with Gasteiger partial charge in [0.1, 0.15) is 0 Å². The molecule has 2 aromatic rings. The van der Waals surface area contributed by atoms with Gasteiger partial charge >= 0.3 is 12.0 Å². The Morgan fingerprint density at radius 2 is 1.62 bits per heavy atom. The van der Waals surface area contributed by atoms with E-state index in [0.29, 0.717) is 10.6 Å². The third-order valence-electron chi connectivity index (χ3n) is 3.58. The van der Waals surface area contributed by atoms with E-state index in [1.807, 2.05) is 0 Å². The zero-order chi connectivity index (χ0) is 21.2. The summed E-state index contributed by atoms with van der Waals surface area (Å²) in [6.07, 6.45) is 0. The van der Waals surface area contributed by atoms with Gasteiger partial charge in [-0.1, -0.05) is 30.3 Å². The molecule has 8 nitrogen and oxygen atoms in total. The highest BCUT2D eigenvalue weighted by Gasteiger charge is 2.17. The second-order valence-corrected chi connectivity index (χ2v) is 7.03. The molecule has 29 heavy (non-hydrogen) atoms. The molecule has 0 aliphatic carbocycles. The fraction of sp³-hybridized carbons (Fsp3) is 0.200. The van der Waals surface area contributed by atoms with Crippen LogP contribution in [0.25, 0.3) is 0 Å². The molecule has 2 aromatic carbocycles. The first-order valence-corrected chi connectivity index (χ1v) is 9.60. The molecular formula is C20H21N3O5S. The first-order chi connectivity index (χ1) is 13.9. The Labute approximate surface area is 172 Å². The Bertz CT molecular complexity index is 887. The van der Waals surface area contributed by atoms with Crippen molar-refractivity contribution in [2.24, 2.45) is 0 Å². The second kappa shape index (κ2) is 10.9. The number of benzene rings is 2. The van der Waals surface area contributed by atoms with Crippen LogP contribution < -0.4 is 10.6 Å². The van der Waals surface area contributed by atoms with Crippen LogP contribution in [0.5, 0.6) is 0 Å². The van der Waals surface area contributed by atoms with Crippen molar-refractivity contribution in [1.29, 1.82) is 0 Å². The van der Waals surface area contributed by atoms with Crippen LogP contribution in [-0.2, 0) is 14.3 Å². The predicted octanol–water partition coefficient (Wildman–Crippen LogP) is 2.37. The summed E-state index contributed by atoms with van der Waals surface area (Å²) in [5.74, 6) is -1.41. The van der Waals surface area contributed by atoms with E-state index >= 15 is 0 Å². The van der Waals surface area contributed by atoms with Crippen LogP contribution in [0.15, 0.2) is 59.5 Å². The van der Waals surface area contributed by atoms with Gasteiger partial charge in [0, 0.05) is 24.7 Å². The Hall–Kier alpha value is -3.33. The first-order valence-electron chi connectivity index (χ1n) is 8.62. The van der Waals surface area contributed by atoms with E-state index in [1.165, 1.54) is 16.7 Å². The molecule has 152 valence electrons. The van der Waals surface area contributed by atoms with Crippen molar-refractivity contribution in [1.82, 2.24) is 10.2 Å². The van der Waals surface area contributed by atoms with Crippen LogP contribution >= 0.6 is 11.8 Å². The van der Waals surface area contributed by atoms with Crippen molar-refractivity contribution in [3.63, 3.8) is 0 Å². The maximum atomic E-state index is 12.3. The molecular weight excluding hydrogens is 394 g/mol. The van der Waals surface area contributed by atoms with Crippen LogP contribution in [0.1, 0.15) is 10.4 Å². The Balaban J connectivity index is 1.86. The molecule has 0 fully saturated rings. The van der Waals surface area contributed by atoms with E-state index in [1.54, 1.807) is 68.7 Å². The number of ether oxygens (including phenoxy) is 1. The number of thioether (sulfide) groups is 1. The number of carbonyl (C=O) groups excluding carboxylic acids is 4. The molecule has 0 aromatic heterocycles. The summed E-state index contributed by atoms with van der Waals surface area (Å²) < 4.78 is 5.00. The molecule has 0 radical (unpaired) electrons. The predicted molar refractivity (Wildman–Crippen MR) is 110 cm³/mol. The van der Waals surface area contributed by atoms with Crippen LogP contribution in [0.3, 0.4) is 0 Å². The average molecular weight is 415 g/mol. The number of rotatable bonds is 7. The highest BCUT2D eigenvalue weighted by molar-refractivity contribution is 8.00. The van der Waals surface area contributed by atoms with Gasteiger partial charge in [-0.25, -0.2) is 9.59 Å². The molecule has 0 bridgehead atoms. The number of para-hydroxylation sites is 1. The van der Waals surface area contributed by atoms with E-state index in [2.05, 4.69) is 10.6 Å². The lowest BCUT2D eigenvalue weighted by Crippen LogP contribution is -2.37. The van der Waals surface area contributed by atoms with Crippen LogP contribution in [0, 0.1) is 0 Å². The third-order valence-corrected chi connectivity index (χ3v) is 4.63. The molecule has 0 spiro atoms. The maximum absolute atomic E-state index is 12.3. The Kier molecular flexibility index (Phi) is 8.23. The molecule has 0 saturated carbocycles. The number of urea groups is 1. The quantitative estimate of drug-likeness (QED) is 0.531. The second-order valence-electron chi connectivity index (χ2n) is 6.02. The lowest BCUT2D eigenvalue weighted by molar-refractivity contribution is -0.126. The molecule has 0 unspecified atom stereocenters. The molecule has 2 rings (SSSR count). The Morgan fingerprint density at radius 3 is 2.31 bits per heavy atom. The zero-order valence-electron chi connectivity index (χ0n) is 16.0. The third kappa shape index (κ3) is 7.30. The number of nitrogens with zero attached hydrogens (tertiary/aromatic N) is 1. The number of esters is 1. The largest absolute Gasteiger partial charge is 0.452 e. The van der Waals surface area contributed by atoms with Crippen LogP contribution in [-0.4, -0.2) is 55.2 Å². The summed E-state index contributed by atoms with van der Waals surface area (Å²) >= 11 is 1.20. The fourth-order valence-electron chi connectivity index (χ4n) is 2.09. The lowest BCUT2D eigenvalue weighted by atomic mass is 10.2. The van der Waals surface area contributed by atoms with Gasteiger partial charge in [0.2, 0.25) is 5.91 Å². The van der Waals surface area contributed by atoms with Gasteiger partial charge in [-0.3, -0.25) is 14.9 Å². The van der Waals surface area contributed by atoms with E-state index in [0.717, 1.165) is 0 Å². The molecule has 0 aliphatic heterocycles. The normalized spacial score (nSPS) is 10.0. The molecule has 2 N–H and O–H groups in total. The molecule has 0 aliphatic rings. The standard InChI is InChI=1S/C20H21N3O5S/c1-23(2)18(25)13-29-16-11-7-6-10-15(16)19(26)28-12-17(24)22-20(27)21-14-8-4-3-5-9-14/h3-11H,12-13H2,1-2H3,(H2,21,22,24,27). The fourth-order valence-corrected chi connectivity index (χ4v) is 3.10. The minimum Gasteiger partial charge on any atom is -0.452 e. The maximum Gasteiger partial charge on any atom is 0.339 e. The molecule has 9 heteroatoms. The van der Waals surface area contributed by atoms with Gasteiger partial charge in [0.25, 0.3) is 5.91 Å². The van der Waals surface area contributed by atoms with Gasteiger partial charge in [0.15, 0.2) is 6.61 Å². The van der Waals surface area contributed by atoms with Crippen molar-refractivity contribution in [2.75, 3.05) is 31.8 Å². The van der Waals surface area contributed by atoms with Gasteiger partial charge < -0.3 is 15.0 Å². The van der Waals surface area contributed by atoms with E-state index in [9.17, 15) is 19.2 Å². The molecule has 0 heterocycles. The number of amides is 4. The molecule has 0 saturated heterocycles. The minimum absolute atomic E-state index is 0.0954. The molecule has 4 amide bonds. The van der Waals surface area contributed by atoms with Crippen LogP contribution in [0.2, 0.25) is 0 Å². The van der Waals surface area contributed by atoms with E-state index < -0.39 is 24.5 Å². The minimum atomic E-state index is -0.764. The smallest absolute Gasteiger partial charge is 0.339 e. The summed E-state index contributed by atoms with van der Waals surface area (Å²) in [6, 6.07) is 14.5. The number of carbonyl (C=O) groups is 4. The van der Waals surface area contributed by atoms with Crippen molar-refractivity contribution >= 4 is 41.3 Å². The topological polar surface area (TPSA) is 105 Å². The van der Waals surface area contributed by atoms with Crippen molar-refractivity contribution in [2.45, 2.75) is 4.90 Å². The SMILES string of the molecule is CN(C)C(=O)CSc1ccccc1C(=O)OCC(=O)NC(=O)Nc1ccccc1. The lowest BCUT2D eigenvalue weighted by Gasteiger charge is -2.12. The number of imide groups is 1. The van der Waals surface area contributed by atoms with Crippen molar-refractivity contribution < 1.29 is 23.9 Å². The zero-order valence-corrected chi connectivity index (χ0v) is 16.8. The number of hydrogen-bond acceptors (Lipinski definition) is 6. The van der Waals surface area contributed by atoms with Gasteiger partial charge in [-0.15, -0.1) is 11.8 Å². The first kappa shape index (κ1) is 22.0. The van der Waals surface area contributed by atoms with Crippen molar-refractivity contribution in [3.8, 4) is 0 Å².